The van der Waals surface area contributed by atoms with Crippen LogP contribution in [-0.2, 0) is 4.74 Å². The molecule has 2 aromatic rings. The molecule has 0 aliphatic carbocycles. The first-order valence-corrected chi connectivity index (χ1v) is 5.77. The maximum atomic E-state index is 13.7. The lowest BCUT2D eigenvalue weighted by Crippen LogP contribution is -2.27. The number of hydrogen-bond donors (Lipinski definition) is 0. The highest BCUT2D eigenvalue weighted by Gasteiger charge is 2.22. The third kappa shape index (κ3) is 2.57. The predicted molar refractivity (Wildman–Crippen MR) is 66.0 cm³/mol. The summed E-state index contributed by atoms with van der Waals surface area (Å²) in [6.07, 6.45) is -0.768. The number of aryl methyl sites for hydroxylation is 1. The Morgan fingerprint density at radius 2 is 1.95 bits per heavy atom. The van der Waals surface area contributed by atoms with Gasteiger partial charge in [0, 0.05) is 12.1 Å². The molecule has 0 saturated carbocycles. The van der Waals surface area contributed by atoms with Crippen LogP contribution in [0, 0.1) is 18.6 Å². The van der Waals surface area contributed by atoms with Gasteiger partial charge in [-0.2, -0.15) is 9.78 Å². The molecule has 0 aliphatic heterocycles. The Kier molecular flexibility index (Phi) is 3.04. The minimum Gasteiger partial charge on any atom is -0.442 e. The molecule has 6 heteroatoms. The fourth-order valence-electron chi connectivity index (χ4n) is 1.78. The normalized spacial score (nSPS) is 11.9. The Hall–Kier alpha value is -1.98. The number of benzene rings is 1. The first-order chi connectivity index (χ1) is 8.69. The lowest BCUT2D eigenvalue weighted by Gasteiger charge is -2.19. The Morgan fingerprint density at radius 3 is 2.53 bits per heavy atom. The molecule has 2 rings (SSSR count). The summed E-state index contributed by atoms with van der Waals surface area (Å²) in [4.78, 5) is 11.9. The van der Waals surface area contributed by atoms with Crippen molar-refractivity contribution < 1.29 is 18.3 Å². The van der Waals surface area contributed by atoms with Gasteiger partial charge in [0.25, 0.3) is 0 Å². The van der Waals surface area contributed by atoms with Crippen LogP contribution in [0.3, 0.4) is 0 Å². The molecule has 0 spiro atoms. The Labute approximate surface area is 109 Å². The second kappa shape index (κ2) is 4.29. The standard InChI is InChI=1S/C13H14F2N2O2/c1-7-11-9(15)5-8(14)6-10(11)17(16-7)12(18)19-13(2,3)4/h5-6H,1-4H3. The van der Waals surface area contributed by atoms with Crippen LogP contribution in [0.5, 0.6) is 0 Å². The van der Waals surface area contributed by atoms with E-state index in [1.54, 1.807) is 27.7 Å². The average Bonchev–Trinajstić information content (AvgIpc) is 2.53. The summed E-state index contributed by atoms with van der Waals surface area (Å²) in [6.45, 7) is 6.64. The fourth-order valence-corrected chi connectivity index (χ4v) is 1.78. The summed E-state index contributed by atoms with van der Waals surface area (Å²) in [6, 6.07) is 1.82. The van der Waals surface area contributed by atoms with E-state index in [-0.39, 0.29) is 10.9 Å². The highest BCUT2D eigenvalue weighted by Crippen LogP contribution is 2.23. The van der Waals surface area contributed by atoms with Crippen LogP contribution in [-0.4, -0.2) is 21.5 Å². The van der Waals surface area contributed by atoms with E-state index in [0.717, 1.165) is 16.8 Å². The zero-order chi connectivity index (χ0) is 14.4. The molecule has 0 unspecified atom stereocenters. The van der Waals surface area contributed by atoms with E-state index in [1.165, 1.54) is 0 Å². The number of nitrogens with zero attached hydrogens (tertiary/aromatic N) is 2. The van der Waals surface area contributed by atoms with E-state index in [0.29, 0.717) is 5.69 Å². The minimum atomic E-state index is -0.769. The highest BCUT2D eigenvalue weighted by molar-refractivity contribution is 5.90. The van der Waals surface area contributed by atoms with E-state index >= 15 is 0 Å². The van der Waals surface area contributed by atoms with Crippen LogP contribution in [0.25, 0.3) is 10.9 Å². The van der Waals surface area contributed by atoms with Gasteiger partial charge < -0.3 is 4.74 Å². The van der Waals surface area contributed by atoms with Gasteiger partial charge in [-0.15, -0.1) is 0 Å². The lowest BCUT2D eigenvalue weighted by atomic mass is 10.2. The van der Waals surface area contributed by atoms with Crippen LogP contribution in [0.15, 0.2) is 12.1 Å². The second-order valence-corrected chi connectivity index (χ2v) is 5.26. The summed E-state index contributed by atoms with van der Waals surface area (Å²) >= 11 is 0. The molecule has 4 nitrogen and oxygen atoms in total. The predicted octanol–water partition coefficient (Wildman–Crippen LogP) is 3.41. The van der Waals surface area contributed by atoms with E-state index in [2.05, 4.69) is 5.10 Å². The maximum Gasteiger partial charge on any atom is 0.435 e. The van der Waals surface area contributed by atoms with Crippen molar-refractivity contribution >= 4 is 17.0 Å². The van der Waals surface area contributed by atoms with Crippen LogP contribution < -0.4 is 0 Å². The smallest absolute Gasteiger partial charge is 0.435 e. The number of fused-ring (bicyclic) bond motifs is 1. The van der Waals surface area contributed by atoms with Crippen LogP contribution in [0.4, 0.5) is 13.6 Å². The van der Waals surface area contributed by atoms with Crippen molar-refractivity contribution in [3.05, 3.63) is 29.5 Å². The van der Waals surface area contributed by atoms with Gasteiger partial charge >= 0.3 is 6.09 Å². The van der Waals surface area contributed by atoms with Crippen molar-refractivity contribution in [1.29, 1.82) is 0 Å². The second-order valence-electron chi connectivity index (χ2n) is 5.26. The van der Waals surface area contributed by atoms with Crippen molar-refractivity contribution in [1.82, 2.24) is 9.78 Å². The summed E-state index contributed by atoms with van der Waals surface area (Å²) in [5.41, 5.74) is -0.350. The average molecular weight is 268 g/mol. The van der Waals surface area contributed by atoms with Gasteiger partial charge in [-0.25, -0.2) is 13.6 Å². The molecule has 1 heterocycles. The quantitative estimate of drug-likeness (QED) is 0.735. The molecular weight excluding hydrogens is 254 g/mol. The monoisotopic (exact) mass is 268 g/mol. The van der Waals surface area contributed by atoms with Crippen LogP contribution in [0.2, 0.25) is 0 Å². The Bertz CT molecular complexity index is 657. The molecule has 0 saturated heterocycles. The van der Waals surface area contributed by atoms with Crippen molar-refractivity contribution in [3.8, 4) is 0 Å². The summed E-state index contributed by atoms with van der Waals surface area (Å²) in [5.74, 6) is -1.52. The van der Waals surface area contributed by atoms with Crippen molar-refractivity contribution in [2.24, 2.45) is 0 Å². The van der Waals surface area contributed by atoms with Crippen molar-refractivity contribution in [2.45, 2.75) is 33.3 Å². The molecular formula is C13H14F2N2O2. The van der Waals surface area contributed by atoms with Gasteiger partial charge in [-0.05, 0) is 27.7 Å². The van der Waals surface area contributed by atoms with Gasteiger partial charge in [0.05, 0.1) is 16.6 Å². The fraction of sp³-hybridized carbons (Fsp3) is 0.385. The number of aromatic nitrogens is 2. The summed E-state index contributed by atoms with van der Waals surface area (Å²) in [7, 11) is 0. The first-order valence-electron chi connectivity index (χ1n) is 5.77. The van der Waals surface area contributed by atoms with E-state index in [1.807, 2.05) is 0 Å². The molecule has 19 heavy (non-hydrogen) atoms. The molecule has 0 amide bonds. The number of halogens is 2. The van der Waals surface area contributed by atoms with Gasteiger partial charge in [0.15, 0.2) is 0 Å². The highest BCUT2D eigenvalue weighted by atomic mass is 19.1. The van der Waals surface area contributed by atoms with E-state index < -0.39 is 23.3 Å². The SMILES string of the molecule is Cc1nn(C(=O)OC(C)(C)C)c2cc(F)cc(F)c12. The number of carbonyl (C=O) groups is 1. The molecule has 0 radical (unpaired) electrons. The molecule has 1 aromatic carbocycles. The molecule has 0 bridgehead atoms. The summed E-state index contributed by atoms with van der Waals surface area (Å²) < 4.78 is 33.0. The number of carbonyl (C=O) groups excluding carboxylic acids is 1. The molecule has 102 valence electrons. The van der Waals surface area contributed by atoms with Crippen molar-refractivity contribution in [3.63, 3.8) is 0 Å². The molecule has 1 aromatic heterocycles. The topological polar surface area (TPSA) is 44.1 Å². The molecule has 0 atom stereocenters. The maximum absolute atomic E-state index is 13.7. The third-order valence-corrected chi connectivity index (χ3v) is 2.44. The van der Waals surface area contributed by atoms with Gasteiger partial charge in [0.2, 0.25) is 0 Å². The number of rotatable bonds is 0. The molecule has 0 aliphatic rings. The van der Waals surface area contributed by atoms with Crippen LogP contribution in [0.1, 0.15) is 26.5 Å². The Balaban J connectivity index is 2.59. The number of hydrogen-bond acceptors (Lipinski definition) is 3. The van der Waals surface area contributed by atoms with E-state index in [9.17, 15) is 13.6 Å². The van der Waals surface area contributed by atoms with Crippen molar-refractivity contribution in [2.75, 3.05) is 0 Å². The molecule has 0 N–H and O–H groups in total. The zero-order valence-electron chi connectivity index (χ0n) is 11.1. The zero-order valence-corrected chi connectivity index (χ0v) is 11.1. The minimum absolute atomic E-state index is 0.0595. The lowest BCUT2D eigenvalue weighted by molar-refractivity contribution is 0.0522. The van der Waals surface area contributed by atoms with Gasteiger partial charge in [-0.3, -0.25) is 0 Å². The van der Waals surface area contributed by atoms with Gasteiger partial charge in [0.1, 0.15) is 17.2 Å². The van der Waals surface area contributed by atoms with Crippen LogP contribution >= 0.6 is 0 Å². The third-order valence-electron chi connectivity index (χ3n) is 2.44. The Morgan fingerprint density at radius 1 is 1.32 bits per heavy atom. The molecule has 0 fully saturated rings. The van der Waals surface area contributed by atoms with Gasteiger partial charge in [-0.1, -0.05) is 0 Å². The largest absolute Gasteiger partial charge is 0.442 e. The number of ether oxygens (including phenoxy) is 1. The van der Waals surface area contributed by atoms with E-state index in [4.69, 9.17) is 4.74 Å². The first kappa shape index (κ1) is 13.5. The summed E-state index contributed by atoms with van der Waals surface area (Å²) in [5, 5.41) is 4.03.